The molecule has 0 fully saturated rings. The molecule has 0 radical (unpaired) electrons. The lowest BCUT2D eigenvalue weighted by Crippen LogP contribution is -2.44. The highest BCUT2D eigenvalue weighted by Gasteiger charge is 2.30. The minimum Gasteiger partial charge on any atom is -0.343 e. The zero-order valence-corrected chi connectivity index (χ0v) is 17.9. The maximum atomic E-state index is 13.0. The van der Waals surface area contributed by atoms with E-state index in [2.05, 4.69) is 16.5 Å². The molecule has 30 heavy (non-hydrogen) atoms. The van der Waals surface area contributed by atoms with Crippen molar-refractivity contribution < 1.29 is 4.79 Å². The third-order valence-electron chi connectivity index (χ3n) is 5.66. The van der Waals surface area contributed by atoms with Crippen molar-refractivity contribution in [2.75, 3.05) is 0 Å². The van der Waals surface area contributed by atoms with Gasteiger partial charge in [-0.1, -0.05) is 60.7 Å². The number of carbonyl (C=O) groups excluding carboxylic acids is 1. The summed E-state index contributed by atoms with van der Waals surface area (Å²) in [5, 5.41) is 16.6. The second kappa shape index (κ2) is 9.41. The Kier molecular flexibility index (Phi) is 6.68. The fourth-order valence-corrected chi connectivity index (χ4v) is 3.90. The van der Waals surface area contributed by atoms with Gasteiger partial charge in [0.1, 0.15) is 0 Å². The van der Waals surface area contributed by atoms with E-state index < -0.39 is 5.54 Å². The second-order valence-corrected chi connectivity index (χ2v) is 7.69. The smallest absolute Gasteiger partial charge is 0.221 e. The van der Waals surface area contributed by atoms with Crippen LogP contribution in [0.25, 0.3) is 0 Å². The number of carbonyl (C=O) groups is 1. The lowest BCUT2D eigenvalue weighted by molar-refractivity contribution is -0.122. The molecule has 0 saturated heterocycles. The molecule has 0 bridgehead atoms. The van der Waals surface area contributed by atoms with Crippen molar-refractivity contribution in [2.45, 2.75) is 52.1 Å². The number of rotatable bonds is 8. The predicted octanol–water partition coefficient (Wildman–Crippen LogP) is 4.43. The van der Waals surface area contributed by atoms with Crippen LogP contribution in [-0.4, -0.2) is 15.7 Å². The molecule has 0 spiro atoms. The number of aryl methyl sites for hydroxylation is 2. The van der Waals surface area contributed by atoms with Crippen molar-refractivity contribution in [3.63, 3.8) is 0 Å². The van der Waals surface area contributed by atoms with Gasteiger partial charge in [-0.3, -0.25) is 9.48 Å². The Labute approximate surface area is 178 Å². The molecule has 1 N–H and O–H groups in total. The standard InChI is InChI=1S/C25H28N4O/c1-19-23(20(2)29(28-19)18-10-17-26)15-16-24(30)27-25(3,21-11-6-4-7-12-21)22-13-8-5-9-14-22/h4-9,11-14H,10,15-16,18H2,1-3H3,(H,27,30). The van der Waals surface area contributed by atoms with Crippen LogP contribution in [-0.2, 0) is 23.3 Å². The van der Waals surface area contributed by atoms with E-state index in [4.69, 9.17) is 5.26 Å². The van der Waals surface area contributed by atoms with Gasteiger partial charge in [-0.2, -0.15) is 10.4 Å². The van der Waals surface area contributed by atoms with Gasteiger partial charge in [0.05, 0.1) is 30.3 Å². The maximum Gasteiger partial charge on any atom is 0.221 e. The highest BCUT2D eigenvalue weighted by Crippen LogP contribution is 2.29. The van der Waals surface area contributed by atoms with Crippen molar-refractivity contribution in [1.82, 2.24) is 15.1 Å². The van der Waals surface area contributed by atoms with E-state index in [1.807, 2.05) is 86.1 Å². The molecule has 0 unspecified atom stereocenters. The van der Waals surface area contributed by atoms with Gasteiger partial charge in [0.15, 0.2) is 0 Å². The number of aromatic nitrogens is 2. The van der Waals surface area contributed by atoms with Crippen LogP contribution in [0.1, 0.15) is 47.8 Å². The van der Waals surface area contributed by atoms with Gasteiger partial charge in [-0.05, 0) is 43.9 Å². The van der Waals surface area contributed by atoms with E-state index in [0.29, 0.717) is 25.8 Å². The fourth-order valence-electron chi connectivity index (χ4n) is 3.90. The van der Waals surface area contributed by atoms with Crippen molar-refractivity contribution in [1.29, 1.82) is 5.26 Å². The lowest BCUT2D eigenvalue weighted by Gasteiger charge is -2.32. The molecule has 0 atom stereocenters. The summed E-state index contributed by atoms with van der Waals surface area (Å²) in [6.45, 7) is 6.59. The van der Waals surface area contributed by atoms with Crippen LogP contribution in [0.2, 0.25) is 0 Å². The van der Waals surface area contributed by atoms with Crippen molar-refractivity contribution >= 4 is 5.91 Å². The van der Waals surface area contributed by atoms with E-state index in [0.717, 1.165) is 28.1 Å². The number of nitriles is 1. The van der Waals surface area contributed by atoms with Gasteiger partial charge in [0.25, 0.3) is 0 Å². The van der Waals surface area contributed by atoms with Crippen LogP contribution < -0.4 is 5.32 Å². The minimum atomic E-state index is -0.610. The Balaban J connectivity index is 1.77. The number of amides is 1. The Morgan fingerprint density at radius 1 is 1.07 bits per heavy atom. The third kappa shape index (κ3) is 4.60. The number of nitrogens with zero attached hydrogens (tertiary/aromatic N) is 3. The number of nitrogens with one attached hydrogen (secondary N) is 1. The molecule has 0 aliphatic heterocycles. The van der Waals surface area contributed by atoms with Gasteiger partial charge in [0.2, 0.25) is 5.91 Å². The largest absolute Gasteiger partial charge is 0.343 e. The van der Waals surface area contributed by atoms with E-state index >= 15 is 0 Å². The highest BCUT2D eigenvalue weighted by atomic mass is 16.1. The minimum absolute atomic E-state index is 0.00576. The number of benzene rings is 2. The monoisotopic (exact) mass is 400 g/mol. The van der Waals surface area contributed by atoms with E-state index in [9.17, 15) is 4.79 Å². The van der Waals surface area contributed by atoms with Gasteiger partial charge >= 0.3 is 0 Å². The van der Waals surface area contributed by atoms with Gasteiger partial charge < -0.3 is 5.32 Å². The van der Waals surface area contributed by atoms with Crippen LogP contribution in [0, 0.1) is 25.2 Å². The summed E-state index contributed by atoms with van der Waals surface area (Å²) in [6.07, 6.45) is 1.42. The first-order valence-corrected chi connectivity index (χ1v) is 10.3. The van der Waals surface area contributed by atoms with Gasteiger partial charge in [0, 0.05) is 12.1 Å². The van der Waals surface area contributed by atoms with Crippen LogP contribution in [0.15, 0.2) is 60.7 Å². The predicted molar refractivity (Wildman–Crippen MR) is 118 cm³/mol. The normalized spacial score (nSPS) is 11.1. The molecule has 5 heteroatoms. The molecule has 0 aliphatic rings. The first kappa shape index (κ1) is 21.3. The molecule has 2 aromatic carbocycles. The summed E-state index contributed by atoms with van der Waals surface area (Å²) < 4.78 is 1.86. The summed E-state index contributed by atoms with van der Waals surface area (Å²) in [7, 11) is 0. The van der Waals surface area contributed by atoms with Crippen molar-refractivity contribution in [2.24, 2.45) is 0 Å². The van der Waals surface area contributed by atoms with Crippen LogP contribution in [0.4, 0.5) is 0 Å². The Hall–Kier alpha value is -3.39. The Morgan fingerprint density at radius 3 is 2.17 bits per heavy atom. The second-order valence-electron chi connectivity index (χ2n) is 7.69. The van der Waals surface area contributed by atoms with Crippen molar-refractivity contribution in [3.05, 3.63) is 88.7 Å². The summed E-state index contributed by atoms with van der Waals surface area (Å²) in [6, 6.07) is 22.2. The van der Waals surface area contributed by atoms with Gasteiger partial charge in [-0.15, -0.1) is 0 Å². The molecule has 154 valence electrons. The lowest BCUT2D eigenvalue weighted by atomic mass is 9.84. The number of hydrogen-bond acceptors (Lipinski definition) is 3. The van der Waals surface area contributed by atoms with E-state index in [1.54, 1.807) is 0 Å². The molecular weight excluding hydrogens is 372 g/mol. The Bertz CT molecular complexity index is 993. The first-order valence-electron chi connectivity index (χ1n) is 10.3. The molecule has 1 heterocycles. The SMILES string of the molecule is Cc1nn(CCC#N)c(C)c1CCC(=O)NC(C)(c1ccccc1)c1ccccc1. The molecule has 3 rings (SSSR count). The molecule has 1 aromatic heterocycles. The van der Waals surface area contributed by atoms with Crippen LogP contribution in [0.5, 0.6) is 0 Å². The molecule has 0 aliphatic carbocycles. The molecular formula is C25H28N4O. The van der Waals surface area contributed by atoms with Crippen LogP contribution >= 0.6 is 0 Å². The zero-order valence-electron chi connectivity index (χ0n) is 17.9. The van der Waals surface area contributed by atoms with E-state index in [-0.39, 0.29) is 5.91 Å². The quantitative estimate of drug-likeness (QED) is 0.608. The summed E-state index contributed by atoms with van der Waals surface area (Å²) in [4.78, 5) is 13.0. The molecule has 3 aromatic rings. The average Bonchev–Trinajstić information content (AvgIpc) is 3.04. The number of hydrogen-bond donors (Lipinski definition) is 1. The van der Waals surface area contributed by atoms with E-state index in [1.165, 1.54) is 0 Å². The molecule has 0 saturated carbocycles. The molecule has 5 nitrogen and oxygen atoms in total. The first-order chi connectivity index (χ1) is 14.5. The summed E-state index contributed by atoms with van der Waals surface area (Å²) in [5.41, 5.74) is 4.52. The van der Waals surface area contributed by atoms with Gasteiger partial charge in [-0.25, -0.2) is 0 Å². The average molecular weight is 401 g/mol. The topological polar surface area (TPSA) is 70.7 Å². The highest BCUT2D eigenvalue weighted by molar-refractivity contribution is 5.78. The Morgan fingerprint density at radius 2 is 1.63 bits per heavy atom. The fraction of sp³-hybridized carbons (Fsp3) is 0.320. The zero-order chi connectivity index (χ0) is 21.6. The third-order valence-corrected chi connectivity index (χ3v) is 5.66. The maximum absolute atomic E-state index is 13.0. The summed E-state index contributed by atoms with van der Waals surface area (Å²) in [5.74, 6) is -0.00576. The van der Waals surface area contributed by atoms with Crippen LogP contribution in [0.3, 0.4) is 0 Å². The molecule has 1 amide bonds. The van der Waals surface area contributed by atoms with Crippen molar-refractivity contribution in [3.8, 4) is 6.07 Å². The summed E-state index contributed by atoms with van der Waals surface area (Å²) >= 11 is 0.